The molecule has 0 saturated carbocycles. The van der Waals surface area contributed by atoms with Crippen LogP contribution in [0.25, 0.3) is 0 Å². The maximum atomic E-state index is 6.25. The van der Waals surface area contributed by atoms with E-state index in [2.05, 4.69) is 41.7 Å². The van der Waals surface area contributed by atoms with Crippen molar-refractivity contribution in [2.24, 2.45) is 0 Å². The van der Waals surface area contributed by atoms with Gasteiger partial charge in [0, 0.05) is 36.4 Å². The Labute approximate surface area is 126 Å². The molecule has 1 heterocycles. The lowest BCUT2D eigenvalue weighted by Crippen LogP contribution is -2.25. The number of likely N-dealkylation sites (N-methyl/N-ethyl adjacent to an activating group) is 1. The topological polar surface area (TPSA) is 29.9 Å². The SMILES string of the molecule is CCNC(Cc1nccn1CC)c1cccc(Cl)c1C. The van der Waals surface area contributed by atoms with Gasteiger partial charge in [0.05, 0.1) is 0 Å². The van der Waals surface area contributed by atoms with Gasteiger partial charge in [-0.05, 0) is 37.6 Å². The second-order valence-corrected chi connectivity index (χ2v) is 5.31. The van der Waals surface area contributed by atoms with Gasteiger partial charge in [-0.25, -0.2) is 4.98 Å². The van der Waals surface area contributed by atoms with E-state index in [4.69, 9.17) is 11.6 Å². The number of hydrogen-bond acceptors (Lipinski definition) is 2. The van der Waals surface area contributed by atoms with Gasteiger partial charge < -0.3 is 9.88 Å². The number of benzene rings is 1. The molecule has 0 aliphatic carbocycles. The second-order valence-electron chi connectivity index (χ2n) is 4.90. The van der Waals surface area contributed by atoms with Crippen LogP contribution in [0.4, 0.5) is 0 Å². The minimum absolute atomic E-state index is 0.242. The van der Waals surface area contributed by atoms with E-state index in [9.17, 15) is 0 Å². The lowest BCUT2D eigenvalue weighted by Gasteiger charge is -2.21. The molecule has 4 heteroatoms. The molecular formula is C16H22ClN3. The Morgan fingerprint density at radius 2 is 2.15 bits per heavy atom. The van der Waals surface area contributed by atoms with Gasteiger partial charge in [-0.1, -0.05) is 30.7 Å². The van der Waals surface area contributed by atoms with E-state index < -0.39 is 0 Å². The molecule has 1 atom stereocenters. The van der Waals surface area contributed by atoms with E-state index in [-0.39, 0.29) is 6.04 Å². The summed E-state index contributed by atoms with van der Waals surface area (Å²) in [7, 11) is 0. The molecule has 0 spiro atoms. The largest absolute Gasteiger partial charge is 0.335 e. The van der Waals surface area contributed by atoms with Crippen LogP contribution in [0, 0.1) is 6.92 Å². The lowest BCUT2D eigenvalue weighted by atomic mass is 9.98. The Kier molecular flexibility index (Phi) is 5.21. The molecule has 0 amide bonds. The number of halogens is 1. The van der Waals surface area contributed by atoms with E-state index in [0.29, 0.717) is 0 Å². The van der Waals surface area contributed by atoms with E-state index in [1.807, 2.05) is 24.5 Å². The molecule has 2 aromatic rings. The van der Waals surface area contributed by atoms with Crippen molar-refractivity contribution in [3.05, 3.63) is 52.6 Å². The number of nitrogens with zero attached hydrogens (tertiary/aromatic N) is 2. The third-order valence-electron chi connectivity index (χ3n) is 3.66. The van der Waals surface area contributed by atoms with Gasteiger partial charge in [0.1, 0.15) is 5.82 Å². The molecule has 108 valence electrons. The molecule has 3 nitrogen and oxygen atoms in total. The average molecular weight is 292 g/mol. The van der Waals surface area contributed by atoms with Crippen LogP contribution in [0.3, 0.4) is 0 Å². The van der Waals surface area contributed by atoms with Crippen LogP contribution >= 0.6 is 11.6 Å². The number of aryl methyl sites for hydroxylation is 1. The van der Waals surface area contributed by atoms with Crippen molar-refractivity contribution < 1.29 is 0 Å². The first-order chi connectivity index (χ1) is 9.67. The summed E-state index contributed by atoms with van der Waals surface area (Å²) < 4.78 is 2.18. The normalized spacial score (nSPS) is 12.6. The van der Waals surface area contributed by atoms with Crippen LogP contribution in [0.1, 0.15) is 36.8 Å². The Morgan fingerprint density at radius 3 is 2.85 bits per heavy atom. The summed E-state index contributed by atoms with van der Waals surface area (Å²) in [6, 6.07) is 6.34. The van der Waals surface area contributed by atoms with Crippen LogP contribution in [0.5, 0.6) is 0 Å². The summed E-state index contributed by atoms with van der Waals surface area (Å²) in [6.07, 6.45) is 4.77. The third kappa shape index (κ3) is 3.22. The van der Waals surface area contributed by atoms with Gasteiger partial charge >= 0.3 is 0 Å². The molecule has 0 fully saturated rings. The minimum atomic E-state index is 0.242. The van der Waals surface area contributed by atoms with Crippen LogP contribution < -0.4 is 5.32 Å². The van der Waals surface area contributed by atoms with Crippen molar-refractivity contribution in [2.45, 2.75) is 39.8 Å². The standard InChI is InChI=1S/C16H22ClN3/c1-4-18-15(11-16-19-9-10-20(16)5-2)13-7-6-8-14(17)12(13)3/h6-10,15,18H,4-5,11H2,1-3H3. The summed E-state index contributed by atoms with van der Waals surface area (Å²) in [5.74, 6) is 1.11. The number of imidazole rings is 1. The van der Waals surface area contributed by atoms with E-state index >= 15 is 0 Å². The van der Waals surface area contributed by atoms with Gasteiger partial charge in [0.25, 0.3) is 0 Å². The zero-order chi connectivity index (χ0) is 14.5. The van der Waals surface area contributed by atoms with Crippen molar-refractivity contribution >= 4 is 11.6 Å². The fraction of sp³-hybridized carbons (Fsp3) is 0.438. The van der Waals surface area contributed by atoms with Crippen molar-refractivity contribution in [3.63, 3.8) is 0 Å². The van der Waals surface area contributed by atoms with Crippen LogP contribution in [-0.2, 0) is 13.0 Å². The summed E-state index contributed by atoms with van der Waals surface area (Å²) >= 11 is 6.25. The maximum Gasteiger partial charge on any atom is 0.110 e. The van der Waals surface area contributed by atoms with Crippen molar-refractivity contribution in [1.29, 1.82) is 0 Å². The Morgan fingerprint density at radius 1 is 1.35 bits per heavy atom. The van der Waals surface area contributed by atoms with E-state index in [1.54, 1.807) is 0 Å². The summed E-state index contributed by atoms with van der Waals surface area (Å²) in [5, 5.41) is 4.37. The number of hydrogen-bond donors (Lipinski definition) is 1. The van der Waals surface area contributed by atoms with Gasteiger partial charge in [-0.15, -0.1) is 0 Å². The summed E-state index contributed by atoms with van der Waals surface area (Å²) in [4.78, 5) is 4.48. The number of aromatic nitrogens is 2. The molecule has 1 aromatic heterocycles. The Hall–Kier alpha value is -1.32. The van der Waals surface area contributed by atoms with E-state index in [0.717, 1.165) is 35.9 Å². The zero-order valence-corrected chi connectivity index (χ0v) is 13.1. The third-order valence-corrected chi connectivity index (χ3v) is 4.07. The molecule has 1 unspecified atom stereocenters. The zero-order valence-electron chi connectivity index (χ0n) is 12.4. The van der Waals surface area contributed by atoms with Crippen LogP contribution in [0.15, 0.2) is 30.6 Å². The number of nitrogens with one attached hydrogen (secondary N) is 1. The average Bonchev–Trinajstić information content (AvgIpc) is 2.89. The van der Waals surface area contributed by atoms with Crippen LogP contribution in [0.2, 0.25) is 5.02 Å². The Bertz CT molecular complexity index is 563. The van der Waals surface area contributed by atoms with E-state index in [1.165, 1.54) is 5.56 Å². The summed E-state index contributed by atoms with van der Waals surface area (Å²) in [6.45, 7) is 8.21. The molecule has 1 N–H and O–H groups in total. The fourth-order valence-corrected chi connectivity index (χ4v) is 2.72. The Balaban J connectivity index is 2.29. The van der Waals surface area contributed by atoms with Gasteiger partial charge in [0.15, 0.2) is 0 Å². The predicted molar refractivity (Wildman–Crippen MR) is 84.2 cm³/mol. The van der Waals surface area contributed by atoms with Gasteiger partial charge in [-0.2, -0.15) is 0 Å². The highest BCUT2D eigenvalue weighted by atomic mass is 35.5. The molecule has 0 bridgehead atoms. The highest BCUT2D eigenvalue weighted by molar-refractivity contribution is 6.31. The number of rotatable bonds is 6. The molecule has 0 aliphatic heterocycles. The first-order valence-electron chi connectivity index (χ1n) is 7.15. The first-order valence-corrected chi connectivity index (χ1v) is 7.53. The van der Waals surface area contributed by atoms with Crippen molar-refractivity contribution in [2.75, 3.05) is 6.54 Å². The first kappa shape index (κ1) is 15.1. The van der Waals surface area contributed by atoms with Crippen molar-refractivity contribution in [1.82, 2.24) is 14.9 Å². The van der Waals surface area contributed by atoms with Crippen LogP contribution in [-0.4, -0.2) is 16.1 Å². The van der Waals surface area contributed by atoms with Gasteiger partial charge in [0.2, 0.25) is 0 Å². The smallest absolute Gasteiger partial charge is 0.110 e. The summed E-state index contributed by atoms with van der Waals surface area (Å²) in [5.41, 5.74) is 2.40. The van der Waals surface area contributed by atoms with Crippen molar-refractivity contribution in [3.8, 4) is 0 Å². The highest BCUT2D eigenvalue weighted by Crippen LogP contribution is 2.26. The maximum absolute atomic E-state index is 6.25. The predicted octanol–water partition coefficient (Wildman–Crippen LogP) is 3.76. The quantitative estimate of drug-likeness (QED) is 0.878. The second kappa shape index (κ2) is 6.91. The monoisotopic (exact) mass is 291 g/mol. The molecule has 2 rings (SSSR count). The molecule has 0 radical (unpaired) electrons. The van der Waals surface area contributed by atoms with Gasteiger partial charge in [-0.3, -0.25) is 0 Å². The minimum Gasteiger partial charge on any atom is -0.335 e. The molecule has 1 aromatic carbocycles. The molecular weight excluding hydrogens is 270 g/mol. The molecule has 0 saturated heterocycles. The fourth-order valence-electron chi connectivity index (χ4n) is 2.54. The highest BCUT2D eigenvalue weighted by Gasteiger charge is 2.17. The molecule has 0 aliphatic rings. The lowest BCUT2D eigenvalue weighted by molar-refractivity contribution is 0.520. The molecule has 20 heavy (non-hydrogen) atoms.